The van der Waals surface area contributed by atoms with Gasteiger partial charge in [0.1, 0.15) is 17.2 Å². The minimum atomic E-state index is -4.70. The van der Waals surface area contributed by atoms with E-state index in [1.165, 1.54) is 19.2 Å². The normalized spacial score (nSPS) is 11.6. The molecule has 2 aromatic carbocycles. The maximum absolute atomic E-state index is 14.3. The van der Waals surface area contributed by atoms with E-state index in [1.54, 1.807) is 12.1 Å². The molecule has 10 heteroatoms. The maximum atomic E-state index is 14.3. The average molecular weight is 459 g/mol. The number of methoxy groups -OCH3 is 1. The zero-order valence-corrected chi connectivity index (χ0v) is 17.1. The van der Waals surface area contributed by atoms with Crippen molar-refractivity contribution in [3.05, 3.63) is 64.0 Å². The minimum Gasteiger partial charge on any atom is -0.497 e. The molecule has 166 valence electrons. The molecule has 3 rings (SSSR count). The topological polar surface area (TPSA) is 51.6 Å². The molecule has 0 atom stereocenters. The van der Waals surface area contributed by atoms with Crippen LogP contribution in [0.3, 0.4) is 0 Å². The van der Waals surface area contributed by atoms with E-state index in [9.17, 15) is 22.0 Å². The molecule has 0 aliphatic carbocycles. The van der Waals surface area contributed by atoms with Crippen LogP contribution in [0, 0.1) is 11.6 Å². The molecule has 3 aromatic rings. The van der Waals surface area contributed by atoms with E-state index in [2.05, 4.69) is 4.37 Å². The van der Waals surface area contributed by atoms with E-state index in [0.717, 1.165) is 12.1 Å². The van der Waals surface area contributed by atoms with E-state index in [4.69, 9.17) is 14.6 Å². The third kappa shape index (κ3) is 5.31. The highest BCUT2D eigenvalue weighted by Gasteiger charge is 2.38. The molecule has 0 fully saturated rings. The summed E-state index contributed by atoms with van der Waals surface area (Å²) in [7, 11) is 1.46. The second kappa shape index (κ2) is 9.61. The van der Waals surface area contributed by atoms with Crippen LogP contribution >= 0.6 is 11.5 Å². The lowest BCUT2D eigenvalue weighted by Gasteiger charge is -2.13. The molecule has 0 saturated carbocycles. The Balaban J connectivity index is 1.92. The number of hydrogen-bond acceptors (Lipinski definition) is 5. The first kappa shape index (κ1) is 23.0. The molecule has 1 heterocycles. The summed E-state index contributed by atoms with van der Waals surface area (Å²) in [6.07, 6.45) is -4.13. The van der Waals surface area contributed by atoms with E-state index < -0.39 is 35.0 Å². The van der Waals surface area contributed by atoms with Gasteiger partial charge >= 0.3 is 6.18 Å². The van der Waals surface area contributed by atoms with Gasteiger partial charge in [0.2, 0.25) is 0 Å². The number of nitrogens with zero attached hydrogens (tertiary/aromatic N) is 1. The molecule has 1 aromatic heterocycles. The summed E-state index contributed by atoms with van der Waals surface area (Å²) < 4.78 is 83.2. The Labute approximate surface area is 179 Å². The number of alkyl halides is 3. The van der Waals surface area contributed by atoms with Crippen molar-refractivity contribution in [3.8, 4) is 22.8 Å². The lowest BCUT2D eigenvalue weighted by Crippen LogP contribution is -2.09. The van der Waals surface area contributed by atoms with Crippen LogP contribution in [-0.4, -0.2) is 23.2 Å². The van der Waals surface area contributed by atoms with Crippen molar-refractivity contribution in [1.82, 2.24) is 4.37 Å². The van der Waals surface area contributed by atoms with Crippen LogP contribution in [0.25, 0.3) is 11.3 Å². The number of aliphatic hydroxyl groups is 1. The van der Waals surface area contributed by atoms with E-state index in [-0.39, 0.29) is 35.8 Å². The zero-order valence-electron chi connectivity index (χ0n) is 16.3. The Morgan fingerprint density at radius 3 is 2.26 bits per heavy atom. The molecule has 0 unspecified atom stereocenters. The number of benzene rings is 2. The number of rotatable bonds is 8. The second-order valence-corrected chi connectivity index (χ2v) is 7.34. The van der Waals surface area contributed by atoms with Gasteiger partial charge in [-0.05, 0) is 66.3 Å². The largest absolute Gasteiger partial charge is 0.497 e. The number of aliphatic hydroxyl groups excluding tert-OH is 1. The fourth-order valence-corrected chi connectivity index (χ4v) is 3.73. The van der Waals surface area contributed by atoms with Crippen LogP contribution in [0.1, 0.15) is 22.4 Å². The molecule has 1 N–H and O–H groups in total. The predicted molar refractivity (Wildman–Crippen MR) is 105 cm³/mol. The van der Waals surface area contributed by atoms with E-state index >= 15 is 0 Å². The summed E-state index contributed by atoms with van der Waals surface area (Å²) in [4.78, 5) is -1.00. The Hall–Kier alpha value is -2.72. The third-order valence-electron chi connectivity index (χ3n) is 4.45. The van der Waals surface area contributed by atoms with Gasteiger partial charge in [-0.15, -0.1) is 0 Å². The molecule has 0 radical (unpaired) electrons. The van der Waals surface area contributed by atoms with Crippen molar-refractivity contribution in [2.75, 3.05) is 13.7 Å². The average Bonchev–Trinajstić information content (AvgIpc) is 3.16. The first-order valence-corrected chi connectivity index (χ1v) is 9.93. The predicted octanol–water partition coefficient (Wildman–Crippen LogP) is 5.62. The standard InChI is InChI=1S/C21H18F5NO3S/c1-29-14-6-4-13(5-7-14)18-15(20(31-27-18)21(24,25)26)11-30-19-16(22)9-12(3-2-8-28)10-17(19)23/h4-7,9-10,28H,2-3,8,11H2,1H3. The van der Waals surface area contributed by atoms with Crippen LogP contribution in [-0.2, 0) is 19.2 Å². The highest BCUT2D eigenvalue weighted by Crippen LogP contribution is 2.40. The number of halogens is 5. The van der Waals surface area contributed by atoms with E-state index in [1.807, 2.05) is 0 Å². The lowest BCUT2D eigenvalue weighted by atomic mass is 10.1. The summed E-state index contributed by atoms with van der Waals surface area (Å²) in [6.45, 7) is -0.864. The summed E-state index contributed by atoms with van der Waals surface area (Å²) in [5.41, 5.74) is 0.390. The van der Waals surface area contributed by atoms with Crippen molar-refractivity contribution < 1.29 is 36.5 Å². The minimum absolute atomic E-state index is 0.0142. The first-order chi connectivity index (χ1) is 14.7. The Morgan fingerprint density at radius 1 is 1.06 bits per heavy atom. The Kier molecular flexibility index (Phi) is 7.11. The zero-order chi connectivity index (χ0) is 22.6. The van der Waals surface area contributed by atoms with Gasteiger partial charge in [-0.1, -0.05) is 0 Å². The molecule has 31 heavy (non-hydrogen) atoms. The summed E-state index contributed by atoms with van der Waals surface area (Å²) in [5, 5.41) is 8.84. The van der Waals surface area contributed by atoms with Crippen LogP contribution < -0.4 is 9.47 Å². The Bertz CT molecular complexity index is 1010. The fourth-order valence-electron chi connectivity index (χ4n) is 2.96. The molecule has 0 aliphatic heterocycles. The summed E-state index contributed by atoms with van der Waals surface area (Å²) >= 11 is 0.246. The van der Waals surface area contributed by atoms with Gasteiger partial charge in [-0.2, -0.15) is 17.5 Å². The van der Waals surface area contributed by atoms with E-state index in [0.29, 0.717) is 23.3 Å². The van der Waals surface area contributed by atoms with Crippen molar-refractivity contribution in [3.63, 3.8) is 0 Å². The molecule has 0 saturated heterocycles. The number of hydrogen-bond donors (Lipinski definition) is 1. The van der Waals surface area contributed by atoms with Gasteiger partial charge in [0, 0.05) is 17.7 Å². The van der Waals surface area contributed by atoms with Crippen LogP contribution in [0.15, 0.2) is 36.4 Å². The van der Waals surface area contributed by atoms with Gasteiger partial charge in [0.05, 0.1) is 12.8 Å². The molecular formula is C21H18F5NO3S. The lowest BCUT2D eigenvalue weighted by molar-refractivity contribution is -0.135. The van der Waals surface area contributed by atoms with Gasteiger partial charge < -0.3 is 14.6 Å². The fraction of sp³-hybridized carbons (Fsp3) is 0.286. The summed E-state index contributed by atoms with van der Waals surface area (Å²) in [5.74, 6) is -2.32. The SMILES string of the molecule is COc1ccc(-c2nsc(C(F)(F)F)c2COc2c(F)cc(CCCO)cc2F)cc1. The number of aromatic nitrogens is 1. The maximum Gasteiger partial charge on any atom is 0.427 e. The Morgan fingerprint density at radius 2 is 1.71 bits per heavy atom. The smallest absolute Gasteiger partial charge is 0.427 e. The molecule has 0 aliphatic rings. The molecule has 0 spiro atoms. The van der Waals surface area contributed by atoms with Gasteiger partial charge in [-0.25, -0.2) is 8.78 Å². The monoisotopic (exact) mass is 459 g/mol. The molecular weight excluding hydrogens is 441 g/mol. The second-order valence-electron chi connectivity index (χ2n) is 6.57. The van der Waals surface area contributed by atoms with Crippen LogP contribution in [0.4, 0.5) is 22.0 Å². The molecule has 0 amide bonds. The number of aryl methyl sites for hydroxylation is 1. The molecule has 4 nitrogen and oxygen atoms in total. The van der Waals surface area contributed by atoms with Crippen molar-refractivity contribution in [2.24, 2.45) is 0 Å². The number of ether oxygens (including phenoxy) is 2. The van der Waals surface area contributed by atoms with Crippen LogP contribution in [0.2, 0.25) is 0 Å². The molecule has 0 bridgehead atoms. The van der Waals surface area contributed by atoms with Crippen LogP contribution in [0.5, 0.6) is 11.5 Å². The van der Waals surface area contributed by atoms with Crippen molar-refractivity contribution in [2.45, 2.75) is 25.6 Å². The van der Waals surface area contributed by atoms with Crippen molar-refractivity contribution >= 4 is 11.5 Å². The third-order valence-corrected chi connectivity index (χ3v) is 5.39. The van der Waals surface area contributed by atoms with Gasteiger partial charge in [0.25, 0.3) is 0 Å². The van der Waals surface area contributed by atoms with Gasteiger partial charge in [-0.3, -0.25) is 0 Å². The first-order valence-electron chi connectivity index (χ1n) is 9.16. The summed E-state index contributed by atoms with van der Waals surface area (Å²) in [6, 6.07) is 8.28. The highest BCUT2D eigenvalue weighted by atomic mass is 32.1. The van der Waals surface area contributed by atoms with Crippen molar-refractivity contribution in [1.29, 1.82) is 0 Å². The quantitative estimate of drug-likeness (QED) is 0.445. The highest BCUT2D eigenvalue weighted by molar-refractivity contribution is 7.06. The van der Waals surface area contributed by atoms with Gasteiger partial charge in [0.15, 0.2) is 17.4 Å².